The van der Waals surface area contributed by atoms with Crippen LogP contribution in [0.3, 0.4) is 0 Å². The predicted molar refractivity (Wildman–Crippen MR) is 46.9 cm³/mol. The summed E-state index contributed by atoms with van der Waals surface area (Å²) in [6.07, 6.45) is -0.0735. The third-order valence-electron chi connectivity index (χ3n) is 1.59. The van der Waals surface area contributed by atoms with Gasteiger partial charge in [0.15, 0.2) is 0 Å². The number of carboxylic acids is 1. The van der Waals surface area contributed by atoms with Gasteiger partial charge in [0.2, 0.25) is 0 Å². The minimum Gasteiger partial charge on any atom is -0.481 e. The number of anilines is 1. The highest BCUT2D eigenvalue weighted by molar-refractivity contribution is 5.71. The molecule has 1 aromatic rings. The first-order valence-corrected chi connectivity index (χ1v) is 3.64. The molecule has 0 atom stereocenters. The summed E-state index contributed by atoms with van der Waals surface area (Å²) in [6, 6.07) is 6.52. The highest BCUT2D eigenvalue weighted by atomic mass is 16.4. The maximum Gasteiger partial charge on any atom is 0.307 e. The molecule has 0 aliphatic rings. The third kappa shape index (κ3) is 2.20. The van der Waals surface area contributed by atoms with E-state index in [1.54, 1.807) is 6.07 Å². The Bertz CT molecular complexity index is 380. The Balaban J connectivity index is 2.97. The second-order valence-electron chi connectivity index (χ2n) is 2.60. The van der Waals surface area contributed by atoms with Gasteiger partial charge < -0.3 is 10.8 Å². The van der Waals surface area contributed by atoms with Gasteiger partial charge in [-0.05, 0) is 17.7 Å². The lowest BCUT2D eigenvalue weighted by molar-refractivity contribution is -0.136. The zero-order chi connectivity index (χ0) is 9.84. The number of carbonyl (C=O) groups is 1. The first-order valence-electron chi connectivity index (χ1n) is 3.64. The number of nitriles is 1. The lowest BCUT2D eigenvalue weighted by Crippen LogP contribution is -2.01. The SMILES string of the molecule is N#Cc1ccc(CC(=O)O)cc1N. The molecular formula is C9H8N2O2. The average molecular weight is 176 g/mol. The summed E-state index contributed by atoms with van der Waals surface area (Å²) in [5.41, 5.74) is 6.78. The minimum absolute atomic E-state index is 0.0735. The van der Waals surface area contributed by atoms with E-state index in [9.17, 15) is 4.79 Å². The number of hydrogen-bond donors (Lipinski definition) is 2. The molecule has 0 fully saturated rings. The van der Waals surface area contributed by atoms with E-state index in [1.165, 1.54) is 12.1 Å². The van der Waals surface area contributed by atoms with Gasteiger partial charge in [0.05, 0.1) is 12.0 Å². The Morgan fingerprint density at radius 3 is 2.77 bits per heavy atom. The summed E-state index contributed by atoms with van der Waals surface area (Å²) in [4.78, 5) is 10.3. The highest BCUT2D eigenvalue weighted by Gasteiger charge is 2.03. The molecule has 0 saturated heterocycles. The van der Waals surface area contributed by atoms with Gasteiger partial charge in [0.25, 0.3) is 0 Å². The average Bonchev–Trinajstić information content (AvgIpc) is 2.03. The molecule has 0 unspecified atom stereocenters. The maximum absolute atomic E-state index is 10.3. The Morgan fingerprint density at radius 2 is 2.31 bits per heavy atom. The van der Waals surface area contributed by atoms with E-state index in [1.807, 2.05) is 6.07 Å². The van der Waals surface area contributed by atoms with Crippen LogP contribution in [-0.4, -0.2) is 11.1 Å². The van der Waals surface area contributed by atoms with Crippen LogP contribution in [0.25, 0.3) is 0 Å². The molecule has 4 nitrogen and oxygen atoms in total. The van der Waals surface area contributed by atoms with E-state index in [0.29, 0.717) is 16.8 Å². The molecule has 13 heavy (non-hydrogen) atoms. The van der Waals surface area contributed by atoms with Crippen molar-refractivity contribution in [1.82, 2.24) is 0 Å². The molecule has 0 saturated carbocycles. The molecule has 66 valence electrons. The third-order valence-corrected chi connectivity index (χ3v) is 1.59. The molecule has 1 rings (SSSR count). The molecule has 0 spiro atoms. The normalized spacial score (nSPS) is 9.15. The summed E-state index contributed by atoms with van der Waals surface area (Å²) >= 11 is 0. The first kappa shape index (κ1) is 9.07. The fourth-order valence-corrected chi connectivity index (χ4v) is 0.999. The van der Waals surface area contributed by atoms with Crippen molar-refractivity contribution in [3.63, 3.8) is 0 Å². The minimum atomic E-state index is -0.913. The molecular weight excluding hydrogens is 168 g/mol. The topological polar surface area (TPSA) is 87.1 Å². The first-order chi connectivity index (χ1) is 6.13. The fourth-order valence-electron chi connectivity index (χ4n) is 0.999. The highest BCUT2D eigenvalue weighted by Crippen LogP contribution is 2.13. The maximum atomic E-state index is 10.3. The quantitative estimate of drug-likeness (QED) is 0.651. The van der Waals surface area contributed by atoms with Crippen LogP contribution in [0, 0.1) is 11.3 Å². The van der Waals surface area contributed by atoms with E-state index >= 15 is 0 Å². The number of nitrogen functional groups attached to an aromatic ring is 1. The van der Waals surface area contributed by atoms with Gasteiger partial charge in [-0.1, -0.05) is 6.07 Å². The molecule has 0 aliphatic heterocycles. The number of hydrogen-bond acceptors (Lipinski definition) is 3. The van der Waals surface area contributed by atoms with Gasteiger partial charge in [-0.15, -0.1) is 0 Å². The van der Waals surface area contributed by atoms with E-state index in [4.69, 9.17) is 16.1 Å². The monoisotopic (exact) mass is 176 g/mol. The van der Waals surface area contributed by atoms with E-state index < -0.39 is 5.97 Å². The number of nitrogens with zero attached hydrogens (tertiary/aromatic N) is 1. The lowest BCUT2D eigenvalue weighted by Gasteiger charge is -2.00. The zero-order valence-corrected chi connectivity index (χ0v) is 6.82. The standard InChI is InChI=1S/C9H8N2O2/c10-5-7-2-1-6(3-8(7)11)4-9(12)13/h1-3H,4,11H2,(H,12,13). The Morgan fingerprint density at radius 1 is 1.62 bits per heavy atom. The molecule has 0 amide bonds. The van der Waals surface area contributed by atoms with Crippen molar-refractivity contribution in [2.75, 3.05) is 5.73 Å². The molecule has 3 N–H and O–H groups in total. The van der Waals surface area contributed by atoms with Crippen LogP contribution < -0.4 is 5.73 Å². The second kappa shape index (κ2) is 3.59. The molecule has 0 bridgehead atoms. The Hall–Kier alpha value is -2.02. The summed E-state index contributed by atoms with van der Waals surface area (Å²) in [5.74, 6) is -0.913. The number of nitrogens with two attached hydrogens (primary N) is 1. The van der Waals surface area contributed by atoms with Gasteiger partial charge in [-0.25, -0.2) is 0 Å². The van der Waals surface area contributed by atoms with Gasteiger partial charge >= 0.3 is 5.97 Å². The molecule has 0 heterocycles. The molecule has 0 aromatic heterocycles. The van der Waals surface area contributed by atoms with Crippen LogP contribution in [0.5, 0.6) is 0 Å². The summed E-state index contributed by atoms with van der Waals surface area (Å²) in [7, 11) is 0. The van der Waals surface area contributed by atoms with Crippen LogP contribution in [0.1, 0.15) is 11.1 Å². The Kier molecular flexibility index (Phi) is 2.50. The van der Waals surface area contributed by atoms with E-state index in [0.717, 1.165) is 0 Å². The predicted octanol–water partition coefficient (Wildman–Crippen LogP) is 0.768. The second-order valence-corrected chi connectivity index (χ2v) is 2.60. The number of rotatable bonds is 2. The zero-order valence-electron chi connectivity index (χ0n) is 6.82. The molecule has 0 aliphatic carbocycles. The molecule has 1 aromatic carbocycles. The van der Waals surface area contributed by atoms with Crippen molar-refractivity contribution in [1.29, 1.82) is 5.26 Å². The van der Waals surface area contributed by atoms with Gasteiger partial charge in [-0.3, -0.25) is 4.79 Å². The van der Waals surface area contributed by atoms with Crippen molar-refractivity contribution in [3.8, 4) is 6.07 Å². The van der Waals surface area contributed by atoms with Crippen LogP contribution in [0.2, 0.25) is 0 Å². The van der Waals surface area contributed by atoms with Crippen LogP contribution in [-0.2, 0) is 11.2 Å². The summed E-state index contributed by atoms with van der Waals surface area (Å²) < 4.78 is 0. The van der Waals surface area contributed by atoms with Crippen molar-refractivity contribution in [2.45, 2.75) is 6.42 Å². The Labute approximate surface area is 75.2 Å². The molecule has 4 heteroatoms. The van der Waals surface area contributed by atoms with E-state index in [2.05, 4.69) is 0 Å². The van der Waals surface area contributed by atoms with E-state index in [-0.39, 0.29) is 6.42 Å². The van der Waals surface area contributed by atoms with Crippen molar-refractivity contribution in [3.05, 3.63) is 29.3 Å². The van der Waals surface area contributed by atoms with Gasteiger partial charge in [0.1, 0.15) is 6.07 Å². The van der Waals surface area contributed by atoms with Crippen molar-refractivity contribution in [2.24, 2.45) is 0 Å². The van der Waals surface area contributed by atoms with Gasteiger partial charge in [-0.2, -0.15) is 5.26 Å². The van der Waals surface area contributed by atoms with Crippen LogP contribution in [0.4, 0.5) is 5.69 Å². The summed E-state index contributed by atoms with van der Waals surface area (Å²) in [6.45, 7) is 0. The summed E-state index contributed by atoms with van der Waals surface area (Å²) in [5, 5.41) is 17.0. The van der Waals surface area contributed by atoms with Crippen molar-refractivity contribution >= 4 is 11.7 Å². The largest absolute Gasteiger partial charge is 0.481 e. The van der Waals surface area contributed by atoms with Crippen LogP contribution in [0.15, 0.2) is 18.2 Å². The number of aliphatic carboxylic acids is 1. The smallest absolute Gasteiger partial charge is 0.307 e. The number of carboxylic acid groups (broad SMARTS) is 1. The molecule has 0 radical (unpaired) electrons. The lowest BCUT2D eigenvalue weighted by atomic mass is 10.1. The fraction of sp³-hybridized carbons (Fsp3) is 0.111. The number of benzene rings is 1. The van der Waals surface area contributed by atoms with Crippen LogP contribution >= 0.6 is 0 Å². The van der Waals surface area contributed by atoms with Crippen molar-refractivity contribution < 1.29 is 9.90 Å². The van der Waals surface area contributed by atoms with Gasteiger partial charge in [0, 0.05) is 5.69 Å².